The standard InChI is InChI=1S/C21H24N4OS/c1-15-19(27-20(25-15)16-9-5-4-6-10-16)14-24-21(22-2)23-13-17-11-7-8-12-18(17)26-3/h4-12H,13-14H2,1-3H3,(H2,22,23,24). The number of hydrogen-bond donors (Lipinski definition) is 2. The summed E-state index contributed by atoms with van der Waals surface area (Å²) in [5, 5.41) is 7.74. The maximum atomic E-state index is 5.39. The first-order valence-electron chi connectivity index (χ1n) is 8.79. The number of aryl methyl sites for hydroxylation is 1. The van der Waals surface area contributed by atoms with Crippen molar-refractivity contribution in [2.24, 2.45) is 4.99 Å². The van der Waals surface area contributed by atoms with Crippen LogP contribution in [-0.4, -0.2) is 25.1 Å². The molecule has 0 aliphatic heterocycles. The molecule has 140 valence electrons. The number of ether oxygens (including phenoxy) is 1. The summed E-state index contributed by atoms with van der Waals surface area (Å²) in [5.74, 6) is 1.61. The van der Waals surface area contributed by atoms with Gasteiger partial charge in [0.1, 0.15) is 10.8 Å². The molecule has 0 saturated carbocycles. The van der Waals surface area contributed by atoms with Gasteiger partial charge in [-0.2, -0.15) is 0 Å². The van der Waals surface area contributed by atoms with E-state index in [1.807, 2.05) is 49.4 Å². The van der Waals surface area contributed by atoms with Gasteiger partial charge < -0.3 is 15.4 Å². The number of aliphatic imine (C=N–C) groups is 1. The van der Waals surface area contributed by atoms with Crippen molar-refractivity contribution in [1.82, 2.24) is 15.6 Å². The number of aromatic nitrogens is 1. The molecule has 5 nitrogen and oxygen atoms in total. The van der Waals surface area contributed by atoms with Crippen LogP contribution in [0.25, 0.3) is 10.6 Å². The third-order valence-corrected chi connectivity index (χ3v) is 5.40. The Morgan fingerprint density at radius 3 is 2.48 bits per heavy atom. The van der Waals surface area contributed by atoms with Crippen molar-refractivity contribution in [1.29, 1.82) is 0 Å². The number of benzene rings is 2. The Bertz CT molecular complexity index is 906. The summed E-state index contributed by atoms with van der Waals surface area (Å²) in [7, 11) is 3.45. The Balaban J connectivity index is 1.61. The van der Waals surface area contributed by atoms with E-state index in [-0.39, 0.29) is 0 Å². The van der Waals surface area contributed by atoms with E-state index in [9.17, 15) is 0 Å². The van der Waals surface area contributed by atoms with Crippen molar-refractivity contribution in [2.75, 3.05) is 14.2 Å². The summed E-state index contributed by atoms with van der Waals surface area (Å²) in [4.78, 5) is 10.2. The monoisotopic (exact) mass is 380 g/mol. The SMILES string of the molecule is CN=C(NCc1ccccc1OC)NCc1sc(-c2ccccc2)nc1C. The number of guanidine groups is 1. The van der Waals surface area contributed by atoms with Crippen LogP contribution < -0.4 is 15.4 Å². The Hall–Kier alpha value is -2.86. The molecule has 2 aromatic carbocycles. The average molecular weight is 381 g/mol. The van der Waals surface area contributed by atoms with E-state index in [0.717, 1.165) is 33.5 Å². The quantitative estimate of drug-likeness (QED) is 0.501. The highest BCUT2D eigenvalue weighted by Crippen LogP contribution is 2.27. The van der Waals surface area contributed by atoms with Crippen molar-refractivity contribution in [3.05, 3.63) is 70.7 Å². The highest BCUT2D eigenvalue weighted by Gasteiger charge is 2.10. The van der Waals surface area contributed by atoms with Gasteiger partial charge in [0.25, 0.3) is 0 Å². The lowest BCUT2D eigenvalue weighted by molar-refractivity contribution is 0.409. The minimum Gasteiger partial charge on any atom is -0.496 e. The maximum absolute atomic E-state index is 5.39. The third-order valence-electron chi connectivity index (χ3n) is 4.19. The number of hydrogen-bond acceptors (Lipinski definition) is 4. The smallest absolute Gasteiger partial charge is 0.191 e. The molecule has 1 aromatic heterocycles. The molecule has 2 N–H and O–H groups in total. The van der Waals surface area contributed by atoms with Crippen LogP contribution in [0.2, 0.25) is 0 Å². The van der Waals surface area contributed by atoms with Crippen molar-refractivity contribution < 1.29 is 4.74 Å². The molecule has 1 heterocycles. The lowest BCUT2D eigenvalue weighted by Gasteiger charge is -2.13. The first-order chi connectivity index (χ1) is 13.2. The minimum absolute atomic E-state index is 0.640. The fraction of sp³-hybridized carbons (Fsp3) is 0.238. The Kier molecular flexibility index (Phi) is 6.44. The molecule has 0 bridgehead atoms. The van der Waals surface area contributed by atoms with Crippen LogP contribution in [-0.2, 0) is 13.1 Å². The van der Waals surface area contributed by atoms with Crippen LogP contribution in [0.4, 0.5) is 0 Å². The topological polar surface area (TPSA) is 58.5 Å². The molecule has 0 aliphatic carbocycles. The second-order valence-corrected chi connectivity index (χ2v) is 7.07. The van der Waals surface area contributed by atoms with Crippen molar-refractivity contribution in [2.45, 2.75) is 20.0 Å². The number of rotatable bonds is 6. The number of para-hydroxylation sites is 1. The molecule has 0 unspecified atom stereocenters. The molecule has 0 aliphatic rings. The molecule has 0 spiro atoms. The maximum Gasteiger partial charge on any atom is 0.191 e. The molecule has 0 saturated heterocycles. The summed E-state index contributed by atoms with van der Waals surface area (Å²) in [6, 6.07) is 18.2. The Morgan fingerprint density at radius 1 is 1.04 bits per heavy atom. The summed E-state index contributed by atoms with van der Waals surface area (Å²) < 4.78 is 5.39. The van der Waals surface area contributed by atoms with Gasteiger partial charge in [-0.3, -0.25) is 4.99 Å². The molecular weight excluding hydrogens is 356 g/mol. The predicted octanol–water partition coefficient (Wildman–Crippen LogP) is 3.99. The van der Waals surface area contributed by atoms with Gasteiger partial charge in [-0.05, 0) is 13.0 Å². The van der Waals surface area contributed by atoms with Crippen LogP contribution in [0.15, 0.2) is 59.6 Å². The van der Waals surface area contributed by atoms with E-state index in [2.05, 4.69) is 27.8 Å². The average Bonchev–Trinajstić information content (AvgIpc) is 3.09. The minimum atomic E-state index is 0.640. The van der Waals surface area contributed by atoms with Crippen LogP contribution in [0.1, 0.15) is 16.1 Å². The van der Waals surface area contributed by atoms with Gasteiger partial charge in [-0.25, -0.2) is 4.98 Å². The van der Waals surface area contributed by atoms with E-state index >= 15 is 0 Å². The molecular formula is C21H24N4OS. The fourth-order valence-electron chi connectivity index (χ4n) is 2.71. The zero-order valence-electron chi connectivity index (χ0n) is 15.8. The van der Waals surface area contributed by atoms with Gasteiger partial charge in [0.05, 0.1) is 19.3 Å². The lowest BCUT2D eigenvalue weighted by atomic mass is 10.2. The summed E-state index contributed by atoms with van der Waals surface area (Å²) in [6.07, 6.45) is 0. The van der Waals surface area contributed by atoms with E-state index < -0.39 is 0 Å². The first kappa shape index (κ1) is 18.9. The molecule has 6 heteroatoms. The van der Waals surface area contributed by atoms with Crippen LogP contribution in [0, 0.1) is 6.92 Å². The van der Waals surface area contributed by atoms with Crippen LogP contribution in [0.5, 0.6) is 5.75 Å². The van der Waals surface area contributed by atoms with Gasteiger partial charge in [-0.15, -0.1) is 11.3 Å². The van der Waals surface area contributed by atoms with Gasteiger partial charge in [0.15, 0.2) is 5.96 Å². The third kappa shape index (κ3) is 4.86. The second-order valence-electron chi connectivity index (χ2n) is 5.98. The zero-order chi connectivity index (χ0) is 19.1. The highest BCUT2D eigenvalue weighted by atomic mass is 32.1. The molecule has 27 heavy (non-hydrogen) atoms. The normalized spacial score (nSPS) is 11.3. The highest BCUT2D eigenvalue weighted by molar-refractivity contribution is 7.15. The summed E-state index contributed by atoms with van der Waals surface area (Å²) in [5.41, 5.74) is 3.28. The fourth-order valence-corrected chi connectivity index (χ4v) is 3.72. The number of nitrogens with one attached hydrogen (secondary N) is 2. The van der Waals surface area contributed by atoms with Gasteiger partial charge in [-0.1, -0.05) is 48.5 Å². The number of nitrogens with zero attached hydrogens (tertiary/aromatic N) is 2. The van der Waals surface area contributed by atoms with Crippen molar-refractivity contribution in [3.8, 4) is 16.3 Å². The van der Waals surface area contributed by atoms with Gasteiger partial charge in [0.2, 0.25) is 0 Å². The molecule has 0 atom stereocenters. The van der Waals surface area contributed by atoms with Crippen molar-refractivity contribution >= 4 is 17.3 Å². The molecule has 0 fully saturated rings. The van der Waals surface area contributed by atoms with E-state index in [4.69, 9.17) is 9.72 Å². The predicted molar refractivity (Wildman–Crippen MR) is 112 cm³/mol. The van der Waals surface area contributed by atoms with Gasteiger partial charge in [0, 0.05) is 29.6 Å². The Labute approximate surface area is 164 Å². The van der Waals surface area contributed by atoms with E-state index in [1.165, 1.54) is 4.88 Å². The number of thiazole rings is 1. The Morgan fingerprint density at radius 2 is 1.74 bits per heavy atom. The molecule has 0 radical (unpaired) electrons. The van der Waals surface area contributed by atoms with E-state index in [1.54, 1.807) is 25.5 Å². The van der Waals surface area contributed by atoms with Crippen LogP contribution in [0.3, 0.4) is 0 Å². The van der Waals surface area contributed by atoms with Gasteiger partial charge >= 0.3 is 0 Å². The molecule has 3 rings (SSSR count). The summed E-state index contributed by atoms with van der Waals surface area (Å²) >= 11 is 1.71. The first-order valence-corrected chi connectivity index (χ1v) is 9.61. The summed E-state index contributed by atoms with van der Waals surface area (Å²) in [6.45, 7) is 3.37. The zero-order valence-corrected chi connectivity index (χ0v) is 16.6. The molecule has 0 amide bonds. The van der Waals surface area contributed by atoms with E-state index in [0.29, 0.717) is 13.1 Å². The second kappa shape index (κ2) is 9.19. The van der Waals surface area contributed by atoms with Crippen LogP contribution >= 0.6 is 11.3 Å². The van der Waals surface area contributed by atoms with Crippen molar-refractivity contribution in [3.63, 3.8) is 0 Å². The molecule has 3 aromatic rings. The number of methoxy groups -OCH3 is 1. The largest absolute Gasteiger partial charge is 0.496 e. The lowest BCUT2D eigenvalue weighted by Crippen LogP contribution is -2.36.